The lowest BCUT2D eigenvalue weighted by Crippen LogP contribution is -2.49. The number of hydrogen-bond acceptors (Lipinski definition) is 4. The summed E-state index contributed by atoms with van der Waals surface area (Å²) in [7, 11) is 3.25. The summed E-state index contributed by atoms with van der Waals surface area (Å²) in [5.41, 5.74) is 0.834. The SMILES string of the molecule is COc1ccc(CCNC(=O)C2(C)CCCNC2)cc1OC.Cl. The Balaban J connectivity index is 0.00000264. The molecule has 0 aliphatic carbocycles. The highest BCUT2D eigenvalue weighted by atomic mass is 35.5. The molecule has 1 aromatic rings. The number of benzene rings is 1. The number of hydrogen-bond donors (Lipinski definition) is 2. The van der Waals surface area contributed by atoms with Gasteiger partial charge in [-0.25, -0.2) is 0 Å². The Bertz CT molecular complexity index is 517. The van der Waals surface area contributed by atoms with Crippen molar-refractivity contribution in [1.82, 2.24) is 10.6 Å². The van der Waals surface area contributed by atoms with Gasteiger partial charge in [0, 0.05) is 13.1 Å². The van der Waals surface area contributed by atoms with Crippen LogP contribution in [0.15, 0.2) is 18.2 Å². The molecule has 0 aromatic heterocycles. The Morgan fingerprint density at radius 3 is 2.65 bits per heavy atom. The lowest BCUT2D eigenvalue weighted by atomic mass is 9.82. The maximum absolute atomic E-state index is 12.3. The monoisotopic (exact) mass is 342 g/mol. The van der Waals surface area contributed by atoms with Crippen LogP contribution in [-0.4, -0.2) is 39.8 Å². The Morgan fingerprint density at radius 2 is 2.04 bits per heavy atom. The normalized spacial score (nSPS) is 20.3. The molecule has 5 nitrogen and oxygen atoms in total. The number of methoxy groups -OCH3 is 2. The molecule has 1 aliphatic rings. The predicted molar refractivity (Wildman–Crippen MR) is 93.7 cm³/mol. The zero-order valence-electron chi connectivity index (χ0n) is 14.1. The summed E-state index contributed by atoms with van der Waals surface area (Å²) < 4.78 is 10.5. The molecule has 2 N–H and O–H groups in total. The van der Waals surface area contributed by atoms with Gasteiger partial charge in [0.2, 0.25) is 5.91 Å². The highest BCUT2D eigenvalue weighted by molar-refractivity contribution is 5.85. The van der Waals surface area contributed by atoms with Crippen molar-refractivity contribution < 1.29 is 14.3 Å². The number of amides is 1. The zero-order valence-corrected chi connectivity index (χ0v) is 14.9. The minimum Gasteiger partial charge on any atom is -0.493 e. The maximum atomic E-state index is 12.3. The smallest absolute Gasteiger partial charge is 0.227 e. The summed E-state index contributed by atoms with van der Waals surface area (Å²) in [5, 5.41) is 6.36. The van der Waals surface area contributed by atoms with Gasteiger partial charge in [-0.15, -0.1) is 12.4 Å². The molecule has 1 saturated heterocycles. The summed E-state index contributed by atoms with van der Waals surface area (Å²) in [6, 6.07) is 5.84. The van der Waals surface area contributed by atoms with E-state index in [1.807, 2.05) is 25.1 Å². The van der Waals surface area contributed by atoms with Crippen molar-refractivity contribution in [1.29, 1.82) is 0 Å². The molecule has 2 rings (SSSR count). The molecule has 1 aromatic carbocycles. The van der Waals surface area contributed by atoms with Gasteiger partial charge in [0.25, 0.3) is 0 Å². The second-order valence-electron chi connectivity index (χ2n) is 6.04. The number of nitrogens with one attached hydrogen (secondary N) is 2. The third kappa shape index (κ3) is 5.01. The van der Waals surface area contributed by atoms with E-state index in [9.17, 15) is 4.79 Å². The van der Waals surface area contributed by atoms with Gasteiger partial charge in [-0.05, 0) is 50.4 Å². The lowest BCUT2D eigenvalue weighted by Gasteiger charge is -2.32. The minimum absolute atomic E-state index is 0. The van der Waals surface area contributed by atoms with E-state index in [1.165, 1.54) is 0 Å². The van der Waals surface area contributed by atoms with Crippen molar-refractivity contribution in [2.45, 2.75) is 26.2 Å². The molecule has 1 fully saturated rings. The van der Waals surface area contributed by atoms with Crippen LogP contribution in [0.2, 0.25) is 0 Å². The molecule has 1 amide bonds. The number of piperidine rings is 1. The fraction of sp³-hybridized carbons (Fsp3) is 0.588. The van der Waals surface area contributed by atoms with E-state index >= 15 is 0 Å². The van der Waals surface area contributed by atoms with E-state index in [0.29, 0.717) is 6.54 Å². The first kappa shape index (κ1) is 19.6. The molecule has 0 saturated carbocycles. The molecule has 1 heterocycles. The van der Waals surface area contributed by atoms with E-state index in [4.69, 9.17) is 9.47 Å². The third-order valence-corrected chi connectivity index (χ3v) is 4.29. The summed E-state index contributed by atoms with van der Waals surface area (Å²) in [6.07, 6.45) is 2.78. The van der Waals surface area contributed by atoms with E-state index in [2.05, 4.69) is 10.6 Å². The van der Waals surface area contributed by atoms with E-state index in [0.717, 1.165) is 49.4 Å². The lowest BCUT2D eigenvalue weighted by molar-refractivity contribution is -0.131. The van der Waals surface area contributed by atoms with Crippen LogP contribution in [0.25, 0.3) is 0 Å². The van der Waals surface area contributed by atoms with Gasteiger partial charge in [-0.1, -0.05) is 6.07 Å². The maximum Gasteiger partial charge on any atom is 0.227 e. The largest absolute Gasteiger partial charge is 0.493 e. The molecule has 0 radical (unpaired) electrons. The topological polar surface area (TPSA) is 59.6 Å². The van der Waals surface area contributed by atoms with Crippen molar-refractivity contribution in [3.63, 3.8) is 0 Å². The van der Waals surface area contributed by atoms with Gasteiger partial charge in [0.15, 0.2) is 11.5 Å². The first-order valence-corrected chi connectivity index (χ1v) is 7.79. The molecule has 130 valence electrons. The highest BCUT2D eigenvalue weighted by Gasteiger charge is 2.34. The Morgan fingerprint density at radius 1 is 1.30 bits per heavy atom. The summed E-state index contributed by atoms with van der Waals surface area (Å²) in [5.74, 6) is 1.58. The molecule has 1 aliphatic heterocycles. The van der Waals surface area contributed by atoms with E-state index in [-0.39, 0.29) is 23.7 Å². The number of ether oxygens (including phenoxy) is 2. The molecule has 0 bridgehead atoms. The molecule has 23 heavy (non-hydrogen) atoms. The third-order valence-electron chi connectivity index (χ3n) is 4.29. The van der Waals surface area contributed by atoms with Crippen molar-refractivity contribution in [2.75, 3.05) is 33.9 Å². The number of carbonyl (C=O) groups excluding carboxylic acids is 1. The van der Waals surface area contributed by atoms with E-state index in [1.54, 1.807) is 14.2 Å². The van der Waals surface area contributed by atoms with Crippen LogP contribution < -0.4 is 20.1 Å². The minimum atomic E-state index is -0.282. The van der Waals surface area contributed by atoms with Gasteiger partial charge in [-0.2, -0.15) is 0 Å². The molecule has 0 spiro atoms. The fourth-order valence-electron chi connectivity index (χ4n) is 2.82. The summed E-state index contributed by atoms with van der Waals surface area (Å²) in [4.78, 5) is 12.3. The number of rotatable bonds is 6. The first-order valence-electron chi connectivity index (χ1n) is 7.79. The highest BCUT2D eigenvalue weighted by Crippen LogP contribution is 2.28. The standard InChI is InChI=1S/C17H26N2O3.ClH/c1-17(8-4-9-18-12-17)16(20)19-10-7-13-5-6-14(21-2)15(11-13)22-3;/h5-6,11,18H,4,7-10,12H2,1-3H3,(H,19,20);1H. The van der Waals surface area contributed by atoms with Crippen molar-refractivity contribution in [2.24, 2.45) is 5.41 Å². The molecule has 6 heteroatoms. The molecular formula is C17H27ClN2O3. The van der Waals surface area contributed by atoms with Crippen LogP contribution in [0.5, 0.6) is 11.5 Å². The van der Waals surface area contributed by atoms with Gasteiger partial charge in [0.05, 0.1) is 19.6 Å². The predicted octanol–water partition coefficient (Wildman–Crippen LogP) is 2.17. The number of halogens is 1. The second kappa shape index (κ2) is 8.99. The zero-order chi connectivity index (χ0) is 16.0. The van der Waals surface area contributed by atoms with Crippen LogP contribution in [0.1, 0.15) is 25.3 Å². The second-order valence-corrected chi connectivity index (χ2v) is 6.04. The van der Waals surface area contributed by atoms with Crippen LogP contribution in [0, 0.1) is 5.41 Å². The average Bonchev–Trinajstić information content (AvgIpc) is 2.55. The van der Waals surface area contributed by atoms with Crippen molar-refractivity contribution in [3.05, 3.63) is 23.8 Å². The van der Waals surface area contributed by atoms with Crippen LogP contribution in [-0.2, 0) is 11.2 Å². The summed E-state index contributed by atoms with van der Waals surface area (Å²) >= 11 is 0. The van der Waals surface area contributed by atoms with Crippen LogP contribution in [0.3, 0.4) is 0 Å². The van der Waals surface area contributed by atoms with Gasteiger partial charge in [-0.3, -0.25) is 4.79 Å². The van der Waals surface area contributed by atoms with Gasteiger partial charge < -0.3 is 20.1 Å². The van der Waals surface area contributed by atoms with Gasteiger partial charge >= 0.3 is 0 Å². The van der Waals surface area contributed by atoms with Crippen molar-refractivity contribution in [3.8, 4) is 11.5 Å². The van der Waals surface area contributed by atoms with Gasteiger partial charge in [0.1, 0.15) is 0 Å². The quantitative estimate of drug-likeness (QED) is 0.832. The molecule has 1 atom stereocenters. The van der Waals surface area contributed by atoms with Crippen LogP contribution >= 0.6 is 12.4 Å². The van der Waals surface area contributed by atoms with E-state index < -0.39 is 0 Å². The summed E-state index contributed by atoms with van der Waals surface area (Å²) in [6.45, 7) is 4.43. The average molecular weight is 343 g/mol. The Kier molecular flexibility index (Phi) is 7.65. The molecular weight excluding hydrogens is 316 g/mol. The number of carbonyl (C=O) groups is 1. The first-order chi connectivity index (χ1) is 10.6. The molecule has 1 unspecified atom stereocenters. The Labute approximate surface area is 144 Å². The van der Waals surface area contributed by atoms with Crippen LogP contribution in [0.4, 0.5) is 0 Å². The van der Waals surface area contributed by atoms with Crippen molar-refractivity contribution >= 4 is 18.3 Å². The fourth-order valence-corrected chi connectivity index (χ4v) is 2.82. The Hall–Kier alpha value is -1.46.